The van der Waals surface area contributed by atoms with Crippen LogP contribution >= 0.6 is 0 Å². The van der Waals surface area contributed by atoms with E-state index >= 15 is 0 Å². The molecular formula is C21H24N2O2. The second-order valence-corrected chi connectivity index (χ2v) is 7.41. The maximum absolute atomic E-state index is 12.8. The van der Waals surface area contributed by atoms with Crippen LogP contribution in [0.25, 0.3) is 10.8 Å². The fourth-order valence-electron chi connectivity index (χ4n) is 4.04. The first kappa shape index (κ1) is 16.1. The number of carbonyl (C=O) groups is 2. The number of hydrogen-bond acceptors (Lipinski definition) is 2. The molecule has 25 heavy (non-hydrogen) atoms. The standard InChI is InChI=1S/C21H24N2O2/c1-15-9-11-22(12-10-15)21(25)17-13-20(24)23(14-17)19-8-4-6-16-5-2-3-7-18(16)19/h2-8,15,17H,9-14H2,1H3/t17-/m0/s1. The number of nitrogens with zero attached hydrogens (tertiary/aromatic N) is 2. The molecule has 2 fully saturated rings. The van der Waals surface area contributed by atoms with Gasteiger partial charge in [0.25, 0.3) is 0 Å². The van der Waals surface area contributed by atoms with Crippen molar-refractivity contribution in [3.63, 3.8) is 0 Å². The maximum atomic E-state index is 12.8. The third kappa shape index (κ3) is 3.01. The number of piperidine rings is 1. The molecule has 2 saturated heterocycles. The van der Waals surface area contributed by atoms with Crippen LogP contribution in [0.1, 0.15) is 26.2 Å². The average Bonchev–Trinajstić information content (AvgIpc) is 3.03. The number of fused-ring (bicyclic) bond motifs is 1. The van der Waals surface area contributed by atoms with Gasteiger partial charge in [-0.15, -0.1) is 0 Å². The quantitative estimate of drug-likeness (QED) is 0.843. The van der Waals surface area contributed by atoms with Gasteiger partial charge in [-0.1, -0.05) is 43.3 Å². The predicted octanol–water partition coefficient (Wildman–Crippen LogP) is 3.45. The predicted molar refractivity (Wildman–Crippen MR) is 99.4 cm³/mol. The van der Waals surface area contributed by atoms with Gasteiger partial charge in [-0.3, -0.25) is 9.59 Å². The van der Waals surface area contributed by atoms with Crippen LogP contribution in [0.5, 0.6) is 0 Å². The molecule has 0 saturated carbocycles. The molecule has 1 atom stereocenters. The molecule has 0 N–H and O–H groups in total. The van der Waals surface area contributed by atoms with E-state index in [0.29, 0.717) is 18.9 Å². The number of hydrogen-bond donors (Lipinski definition) is 0. The van der Waals surface area contributed by atoms with E-state index in [-0.39, 0.29) is 17.7 Å². The molecule has 2 aliphatic heterocycles. The Hall–Kier alpha value is -2.36. The summed E-state index contributed by atoms with van der Waals surface area (Å²) in [4.78, 5) is 29.2. The summed E-state index contributed by atoms with van der Waals surface area (Å²) in [6.45, 7) is 4.40. The number of benzene rings is 2. The van der Waals surface area contributed by atoms with Crippen molar-refractivity contribution in [1.82, 2.24) is 4.90 Å². The Labute approximate surface area is 148 Å². The van der Waals surface area contributed by atoms with E-state index in [4.69, 9.17) is 0 Å². The van der Waals surface area contributed by atoms with Crippen LogP contribution in [0.3, 0.4) is 0 Å². The van der Waals surface area contributed by atoms with Gasteiger partial charge in [0.1, 0.15) is 0 Å². The van der Waals surface area contributed by atoms with Crippen molar-refractivity contribution in [1.29, 1.82) is 0 Å². The lowest BCUT2D eigenvalue weighted by Gasteiger charge is -2.32. The molecule has 4 heteroatoms. The molecule has 0 aliphatic carbocycles. The first-order chi connectivity index (χ1) is 12.1. The average molecular weight is 336 g/mol. The summed E-state index contributed by atoms with van der Waals surface area (Å²) in [5.74, 6) is 0.699. The van der Waals surface area contributed by atoms with Crippen molar-refractivity contribution in [2.75, 3.05) is 24.5 Å². The zero-order valence-electron chi connectivity index (χ0n) is 14.6. The number of rotatable bonds is 2. The van der Waals surface area contributed by atoms with Crippen LogP contribution in [0.4, 0.5) is 5.69 Å². The minimum Gasteiger partial charge on any atom is -0.342 e. The summed E-state index contributed by atoms with van der Waals surface area (Å²) in [5, 5.41) is 2.19. The summed E-state index contributed by atoms with van der Waals surface area (Å²) < 4.78 is 0. The molecule has 2 aliphatic rings. The van der Waals surface area contributed by atoms with Crippen LogP contribution in [-0.2, 0) is 9.59 Å². The highest BCUT2D eigenvalue weighted by atomic mass is 16.2. The Morgan fingerprint density at radius 3 is 2.56 bits per heavy atom. The van der Waals surface area contributed by atoms with Gasteiger partial charge in [-0.25, -0.2) is 0 Å². The topological polar surface area (TPSA) is 40.6 Å². The van der Waals surface area contributed by atoms with Gasteiger partial charge in [0, 0.05) is 31.4 Å². The van der Waals surface area contributed by atoms with Crippen LogP contribution in [-0.4, -0.2) is 36.3 Å². The molecule has 2 heterocycles. The summed E-state index contributed by atoms with van der Waals surface area (Å²) in [6, 6.07) is 14.1. The maximum Gasteiger partial charge on any atom is 0.228 e. The van der Waals surface area contributed by atoms with E-state index in [2.05, 4.69) is 19.1 Å². The largest absolute Gasteiger partial charge is 0.342 e. The molecule has 2 aromatic rings. The smallest absolute Gasteiger partial charge is 0.228 e. The third-order valence-corrected chi connectivity index (χ3v) is 5.63. The Morgan fingerprint density at radius 1 is 1.04 bits per heavy atom. The van der Waals surface area contributed by atoms with Crippen LogP contribution < -0.4 is 4.90 Å². The number of amides is 2. The summed E-state index contributed by atoms with van der Waals surface area (Å²) in [6.07, 6.45) is 2.47. The second-order valence-electron chi connectivity index (χ2n) is 7.41. The Kier molecular flexibility index (Phi) is 4.20. The Bertz CT molecular complexity index is 803. The second kappa shape index (κ2) is 6.51. The minimum atomic E-state index is -0.208. The van der Waals surface area contributed by atoms with Crippen LogP contribution in [0, 0.1) is 11.8 Å². The van der Waals surface area contributed by atoms with Crippen molar-refractivity contribution < 1.29 is 9.59 Å². The van der Waals surface area contributed by atoms with E-state index in [1.54, 1.807) is 4.90 Å². The van der Waals surface area contributed by atoms with Gasteiger partial charge in [0.15, 0.2) is 0 Å². The molecule has 2 amide bonds. The van der Waals surface area contributed by atoms with Crippen molar-refractivity contribution in [2.24, 2.45) is 11.8 Å². The normalized spacial score (nSPS) is 22.0. The molecule has 0 spiro atoms. The van der Waals surface area contributed by atoms with Crippen LogP contribution in [0.15, 0.2) is 42.5 Å². The van der Waals surface area contributed by atoms with E-state index < -0.39 is 0 Å². The first-order valence-corrected chi connectivity index (χ1v) is 9.20. The molecular weight excluding hydrogens is 312 g/mol. The lowest BCUT2D eigenvalue weighted by molar-refractivity contribution is -0.137. The number of carbonyl (C=O) groups excluding carboxylic acids is 2. The highest BCUT2D eigenvalue weighted by Crippen LogP contribution is 2.32. The molecule has 4 rings (SSSR count). The minimum absolute atomic E-state index is 0.0556. The van der Waals surface area contributed by atoms with Gasteiger partial charge in [-0.05, 0) is 30.2 Å². The third-order valence-electron chi connectivity index (χ3n) is 5.63. The monoisotopic (exact) mass is 336 g/mol. The zero-order chi connectivity index (χ0) is 17.4. The van der Waals surface area contributed by atoms with Crippen molar-refractivity contribution in [3.8, 4) is 0 Å². The van der Waals surface area contributed by atoms with Gasteiger partial charge in [0.2, 0.25) is 11.8 Å². The molecule has 4 nitrogen and oxygen atoms in total. The van der Waals surface area contributed by atoms with Gasteiger partial charge in [0.05, 0.1) is 11.6 Å². The first-order valence-electron chi connectivity index (χ1n) is 9.20. The zero-order valence-corrected chi connectivity index (χ0v) is 14.6. The lowest BCUT2D eigenvalue weighted by Crippen LogP contribution is -2.42. The summed E-state index contributed by atoms with van der Waals surface area (Å²) in [7, 11) is 0. The molecule has 130 valence electrons. The highest BCUT2D eigenvalue weighted by molar-refractivity contribution is 6.06. The van der Waals surface area contributed by atoms with E-state index in [1.807, 2.05) is 35.2 Å². The van der Waals surface area contributed by atoms with Gasteiger partial charge >= 0.3 is 0 Å². The van der Waals surface area contributed by atoms with Crippen molar-refractivity contribution in [3.05, 3.63) is 42.5 Å². The fraction of sp³-hybridized carbons (Fsp3) is 0.429. The number of anilines is 1. The lowest BCUT2D eigenvalue weighted by atomic mass is 9.97. The summed E-state index contributed by atoms with van der Waals surface area (Å²) in [5.41, 5.74) is 0.922. The molecule has 2 aromatic carbocycles. The molecule has 0 bridgehead atoms. The van der Waals surface area contributed by atoms with E-state index in [0.717, 1.165) is 42.4 Å². The van der Waals surface area contributed by atoms with E-state index in [9.17, 15) is 9.59 Å². The van der Waals surface area contributed by atoms with E-state index in [1.165, 1.54) is 0 Å². The van der Waals surface area contributed by atoms with Crippen LogP contribution in [0.2, 0.25) is 0 Å². The van der Waals surface area contributed by atoms with Gasteiger partial charge < -0.3 is 9.80 Å². The highest BCUT2D eigenvalue weighted by Gasteiger charge is 2.38. The molecule has 0 radical (unpaired) electrons. The van der Waals surface area contributed by atoms with Gasteiger partial charge in [-0.2, -0.15) is 0 Å². The Balaban J connectivity index is 1.55. The summed E-state index contributed by atoms with van der Waals surface area (Å²) >= 11 is 0. The fourth-order valence-corrected chi connectivity index (χ4v) is 4.04. The van der Waals surface area contributed by atoms with Crippen molar-refractivity contribution in [2.45, 2.75) is 26.2 Å². The number of likely N-dealkylation sites (tertiary alicyclic amines) is 1. The molecule has 0 aromatic heterocycles. The molecule has 0 unspecified atom stereocenters. The Morgan fingerprint density at radius 2 is 1.76 bits per heavy atom. The SMILES string of the molecule is CC1CCN(C(=O)[C@H]2CC(=O)N(c3cccc4ccccc34)C2)CC1. The van der Waals surface area contributed by atoms with Crippen molar-refractivity contribution >= 4 is 28.3 Å².